The zero-order valence-corrected chi connectivity index (χ0v) is 13.8. The van der Waals surface area contributed by atoms with Crippen LogP contribution < -0.4 is 15.2 Å². The monoisotopic (exact) mass is 306 g/mol. The summed E-state index contributed by atoms with van der Waals surface area (Å²) in [6.45, 7) is 8.80. The second kappa shape index (κ2) is 7.01. The zero-order chi connectivity index (χ0) is 16.3. The van der Waals surface area contributed by atoms with Gasteiger partial charge < -0.3 is 20.1 Å². The summed E-state index contributed by atoms with van der Waals surface area (Å²) >= 11 is 0. The molecule has 0 saturated heterocycles. The van der Waals surface area contributed by atoms with E-state index < -0.39 is 6.04 Å². The van der Waals surface area contributed by atoms with Crippen LogP contribution in [0.15, 0.2) is 24.3 Å². The fraction of sp³-hybridized carbons (Fsp3) is 0.588. The van der Waals surface area contributed by atoms with Crippen molar-refractivity contribution in [2.24, 2.45) is 11.7 Å². The molecule has 1 amide bonds. The van der Waals surface area contributed by atoms with Gasteiger partial charge in [-0.1, -0.05) is 26.0 Å². The molecule has 2 unspecified atom stereocenters. The average molecular weight is 306 g/mol. The van der Waals surface area contributed by atoms with Crippen LogP contribution in [0.3, 0.4) is 0 Å². The molecule has 0 bridgehead atoms. The van der Waals surface area contributed by atoms with Crippen molar-refractivity contribution in [3.63, 3.8) is 0 Å². The first-order chi connectivity index (χ1) is 10.4. The molecule has 2 N–H and O–H groups in total. The number of carbonyl (C=O) groups excluding carboxylic acids is 1. The van der Waals surface area contributed by atoms with E-state index in [2.05, 4.69) is 0 Å². The van der Waals surface area contributed by atoms with Crippen LogP contribution in [0.2, 0.25) is 0 Å². The molecule has 5 heteroatoms. The molecule has 122 valence electrons. The molecule has 0 aliphatic carbocycles. The smallest absolute Gasteiger partial charge is 0.240 e. The van der Waals surface area contributed by atoms with Crippen molar-refractivity contribution in [3.05, 3.63) is 24.3 Å². The number of benzene rings is 1. The van der Waals surface area contributed by atoms with Crippen LogP contribution in [0, 0.1) is 5.92 Å². The molecular weight excluding hydrogens is 280 g/mol. The summed E-state index contributed by atoms with van der Waals surface area (Å²) in [6, 6.07) is 7.16. The predicted octanol–water partition coefficient (Wildman–Crippen LogP) is 2.05. The number of amides is 1. The molecule has 1 heterocycles. The Morgan fingerprint density at radius 3 is 2.50 bits per heavy atom. The maximum absolute atomic E-state index is 12.5. The lowest BCUT2D eigenvalue weighted by Crippen LogP contribution is -2.53. The summed E-state index contributed by atoms with van der Waals surface area (Å²) in [7, 11) is 0. The van der Waals surface area contributed by atoms with E-state index in [4.69, 9.17) is 15.2 Å². The van der Waals surface area contributed by atoms with E-state index >= 15 is 0 Å². The maximum Gasteiger partial charge on any atom is 0.240 e. The van der Waals surface area contributed by atoms with Gasteiger partial charge in [0, 0.05) is 6.04 Å². The molecule has 1 aromatic rings. The maximum atomic E-state index is 12.5. The van der Waals surface area contributed by atoms with E-state index in [0.29, 0.717) is 13.2 Å². The summed E-state index contributed by atoms with van der Waals surface area (Å²) in [5, 5.41) is 0. The van der Waals surface area contributed by atoms with Crippen LogP contribution in [0.5, 0.6) is 11.5 Å². The second-order valence-corrected chi connectivity index (χ2v) is 6.35. The van der Waals surface area contributed by atoms with Crippen LogP contribution in [0.1, 0.15) is 27.7 Å². The van der Waals surface area contributed by atoms with Gasteiger partial charge in [-0.3, -0.25) is 4.79 Å². The first kappa shape index (κ1) is 16.6. The van der Waals surface area contributed by atoms with E-state index in [0.717, 1.165) is 11.5 Å². The fourth-order valence-electron chi connectivity index (χ4n) is 2.40. The third-order valence-electron chi connectivity index (χ3n) is 3.88. The van der Waals surface area contributed by atoms with Gasteiger partial charge in [0.15, 0.2) is 17.6 Å². The number of nitrogens with zero attached hydrogens (tertiary/aromatic N) is 1. The molecular formula is C17H26N2O3. The van der Waals surface area contributed by atoms with Crippen molar-refractivity contribution < 1.29 is 14.3 Å². The molecule has 1 aromatic carbocycles. The highest BCUT2D eigenvalue weighted by atomic mass is 16.6. The van der Waals surface area contributed by atoms with Gasteiger partial charge in [0.2, 0.25) is 5.91 Å². The highest BCUT2D eigenvalue weighted by molar-refractivity contribution is 5.82. The van der Waals surface area contributed by atoms with Crippen molar-refractivity contribution in [3.8, 4) is 11.5 Å². The molecule has 0 fully saturated rings. The second-order valence-electron chi connectivity index (χ2n) is 6.35. The molecule has 0 radical (unpaired) electrons. The average Bonchev–Trinajstić information content (AvgIpc) is 2.50. The number of carbonyl (C=O) groups is 1. The number of ether oxygens (including phenoxy) is 2. The van der Waals surface area contributed by atoms with Gasteiger partial charge in [0.05, 0.1) is 12.6 Å². The summed E-state index contributed by atoms with van der Waals surface area (Å²) in [4.78, 5) is 14.3. The summed E-state index contributed by atoms with van der Waals surface area (Å²) in [5.41, 5.74) is 6.02. The molecule has 0 aromatic heterocycles. The van der Waals surface area contributed by atoms with E-state index in [1.165, 1.54) is 0 Å². The fourth-order valence-corrected chi connectivity index (χ4v) is 2.40. The molecule has 0 saturated carbocycles. The lowest BCUT2D eigenvalue weighted by molar-refractivity contribution is -0.137. The van der Waals surface area contributed by atoms with Crippen molar-refractivity contribution >= 4 is 5.91 Å². The van der Waals surface area contributed by atoms with E-state index in [-0.39, 0.29) is 24.0 Å². The highest BCUT2D eigenvalue weighted by Crippen LogP contribution is 2.31. The Morgan fingerprint density at radius 2 is 1.91 bits per heavy atom. The van der Waals surface area contributed by atoms with Gasteiger partial charge in [-0.05, 0) is 31.9 Å². The Morgan fingerprint density at radius 1 is 1.27 bits per heavy atom. The molecule has 5 nitrogen and oxygen atoms in total. The molecule has 2 atom stereocenters. The van der Waals surface area contributed by atoms with Gasteiger partial charge in [-0.15, -0.1) is 0 Å². The lowest BCUT2D eigenvalue weighted by Gasteiger charge is -2.35. The third kappa shape index (κ3) is 3.71. The molecule has 1 aliphatic rings. The number of hydrogen-bond acceptors (Lipinski definition) is 4. The van der Waals surface area contributed by atoms with E-state index in [1.54, 1.807) is 4.90 Å². The molecule has 22 heavy (non-hydrogen) atoms. The molecule has 0 spiro atoms. The van der Waals surface area contributed by atoms with Crippen LogP contribution >= 0.6 is 0 Å². The Balaban J connectivity index is 2.05. The SMILES string of the molecule is CC(C)C(N)C(=O)N(CC1COc2ccccc2O1)C(C)C. The Kier molecular flexibility index (Phi) is 5.29. The summed E-state index contributed by atoms with van der Waals surface area (Å²) in [5.74, 6) is 1.55. The minimum atomic E-state index is -0.487. The van der Waals surface area contributed by atoms with Gasteiger partial charge in [0.25, 0.3) is 0 Å². The lowest BCUT2D eigenvalue weighted by atomic mass is 10.0. The van der Waals surface area contributed by atoms with Crippen LogP contribution in [0.25, 0.3) is 0 Å². The largest absolute Gasteiger partial charge is 0.486 e. The highest BCUT2D eigenvalue weighted by Gasteiger charge is 2.30. The first-order valence-corrected chi connectivity index (χ1v) is 7.84. The normalized spacial score (nSPS) is 18.4. The first-order valence-electron chi connectivity index (χ1n) is 7.84. The number of rotatable bonds is 5. The van der Waals surface area contributed by atoms with Crippen LogP contribution in [-0.4, -0.2) is 42.1 Å². The standard InChI is InChI=1S/C17H26N2O3/c1-11(2)16(18)17(20)19(12(3)4)9-13-10-21-14-7-5-6-8-15(14)22-13/h5-8,11-13,16H,9-10,18H2,1-4H3. The number of fused-ring (bicyclic) bond motifs is 1. The van der Waals surface area contributed by atoms with Gasteiger partial charge in [-0.2, -0.15) is 0 Å². The number of para-hydroxylation sites is 2. The number of hydrogen-bond donors (Lipinski definition) is 1. The van der Waals surface area contributed by atoms with E-state index in [1.807, 2.05) is 52.0 Å². The van der Waals surface area contributed by atoms with Gasteiger partial charge in [0.1, 0.15) is 6.61 Å². The topological polar surface area (TPSA) is 64.8 Å². The Bertz CT molecular complexity index is 516. The number of nitrogens with two attached hydrogens (primary N) is 1. The summed E-state index contributed by atoms with van der Waals surface area (Å²) in [6.07, 6.45) is -0.180. The minimum absolute atomic E-state index is 0.0348. The van der Waals surface area contributed by atoms with Gasteiger partial charge >= 0.3 is 0 Å². The Hall–Kier alpha value is -1.75. The summed E-state index contributed by atoms with van der Waals surface area (Å²) < 4.78 is 11.7. The van der Waals surface area contributed by atoms with Crippen molar-refractivity contribution in [2.75, 3.05) is 13.2 Å². The third-order valence-corrected chi connectivity index (χ3v) is 3.88. The van der Waals surface area contributed by atoms with E-state index in [9.17, 15) is 4.79 Å². The van der Waals surface area contributed by atoms with Crippen molar-refractivity contribution in [1.82, 2.24) is 4.90 Å². The van der Waals surface area contributed by atoms with Crippen LogP contribution in [0.4, 0.5) is 0 Å². The predicted molar refractivity (Wildman–Crippen MR) is 86.0 cm³/mol. The van der Waals surface area contributed by atoms with Crippen molar-refractivity contribution in [1.29, 1.82) is 0 Å². The Labute approximate surface area is 132 Å². The molecule has 1 aliphatic heterocycles. The molecule has 2 rings (SSSR count). The minimum Gasteiger partial charge on any atom is -0.486 e. The quantitative estimate of drug-likeness (QED) is 0.904. The zero-order valence-electron chi connectivity index (χ0n) is 13.8. The van der Waals surface area contributed by atoms with Gasteiger partial charge in [-0.25, -0.2) is 0 Å². The van der Waals surface area contributed by atoms with Crippen LogP contribution in [-0.2, 0) is 4.79 Å². The van der Waals surface area contributed by atoms with Crippen molar-refractivity contribution in [2.45, 2.75) is 45.9 Å².